The number of urea groups is 1. The van der Waals surface area contributed by atoms with Crippen LogP contribution in [0.25, 0.3) is 0 Å². The number of imide groups is 1. The number of nitrogens with one attached hydrogen (secondary N) is 2. The van der Waals surface area contributed by atoms with Crippen LogP contribution < -0.4 is 15.4 Å². The van der Waals surface area contributed by atoms with Crippen LogP contribution in [0.4, 0.5) is 10.5 Å². The van der Waals surface area contributed by atoms with Crippen LogP contribution in [0.2, 0.25) is 0 Å². The van der Waals surface area contributed by atoms with Gasteiger partial charge in [-0.05, 0) is 57.2 Å². The Labute approximate surface area is 168 Å². The van der Waals surface area contributed by atoms with Gasteiger partial charge in [-0.1, -0.05) is 6.07 Å². The summed E-state index contributed by atoms with van der Waals surface area (Å²) in [5.74, 6) is -1.27. The molecule has 0 radical (unpaired) electrons. The van der Waals surface area contributed by atoms with Crippen molar-refractivity contribution in [3.8, 4) is 5.75 Å². The third-order valence-electron chi connectivity index (χ3n) is 5.27. The van der Waals surface area contributed by atoms with Crippen molar-refractivity contribution >= 4 is 29.5 Å². The quantitative estimate of drug-likeness (QED) is 0.528. The lowest BCUT2D eigenvalue weighted by atomic mass is 9.96. The van der Waals surface area contributed by atoms with Gasteiger partial charge in [0.2, 0.25) is 0 Å². The van der Waals surface area contributed by atoms with Crippen molar-refractivity contribution in [2.75, 3.05) is 19.0 Å². The lowest BCUT2D eigenvalue weighted by Gasteiger charge is -2.21. The molecule has 1 aromatic carbocycles. The zero-order valence-electron chi connectivity index (χ0n) is 16.9. The van der Waals surface area contributed by atoms with E-state index in [1.54, 1.807) is 19.1 Å². The number of anilines is 1. The maximum Gasteiger partial charge on any atom is 0.327 e. The minimum atomic E-state index is -1.12. The molecule has 1 aliphatic heterocycles. The molecule has 29 heavy (non-hydrogen) atoms. The molecular formula is C20H25N3O6. The Kier molecular flexibility index (Phi) is 5.50. The van der Waals surface area contributed by atoms with Gasteiger partial charge >= 0.3 is 12.0 Å². The van der Waals surface area contributed by atoms with E-state index in [9.17, 15) is 19.2 Å². The van der Waals surface area contributed by atoms with E-state index in [1.165, 1.54) is 14.0 Å². The van der Waals surface area contributed by atoms with E-state index < -0.39 is 42.0 Å². The monoisotopic (exact) mass is 403 g/mol. The highest BCUT2D eigenvalue weighted by molar-refractivity contribution is 6.09. The van der Waals surface area contributed by atoms with Crippen LogP contribution in [-0.2, 0) is 19.1 Å². The van der Waals surface area contributed by atoms with Crippen molar-refractivity contribution in [3.63, 3.8) is 0 Å². The second-order valence-electron chi connectivity index (χ2n) is 7.62. The Balaban J connectivity index is 1.58. The average Bonchev–Trinajstić information content (AvgIpc) is 3.48. The third kappa shape index (κ3) is 4.18. The van der Waals surface area contributed by atoms with Crippen molar-refractivity contribution < 1.29 is 28.7 Å². The van der Waals surface area contributed by atoms with E-state index in [4.69, 9.17) is 9.47 Å². The molecule has 1 aromatic rings. The Hall–Kier alpha value is -3.10. The highest BCUT2D eigenvalue weighted by atomic mass is 16.5. The highest BCUT2D eigenvalue weighted by Gasteiger charge is 2.56. The first kappa shape index (κ1) is 20.6. The minimum Gasteiger partial charge on any atom is -0.495 e. The molecule has 9 heteroatoms. The Morgan fingerprint density at radius 1 is 1.34 bits per heavy atom. The van der Waals surface area contributed by atoms with E-state index in [0.717, 1.165) is 23.3 Å². The van der Waals surface area contributed by atoms with Crippen molar-refractivity contribution in [2.24, 2.45) is 5.92 Å². The molecular weight excluding hydrogens is 378 g/mol. The second kappa shape index (κ2) is 7.73. The Morgan fingerprint density at radius 2 is 2.03 bits per heavy atom. The molecule has 1 saturated carbocycles. The van der Waals surface area contributed by atoms with Crippen molar-refractivity contribution in [2.45, 2.75) is 45.3 Å². The standard InChI is InChI=1S/C20H25N3O6/c1-11-5-8-15(28-4)14(9-11)21-17(25)12(2)29-16(24)10-23-18(26)20(3,13-6-7-13)22-19(23)27/h5,8-9,12-13H,6-7,10H2,1-4H3,(H,21,25)(H,22,27)/t12-,20-/m1/s1. The first-order valence-electron chi connectivity index (χ1n) is 9.44. The number of benzene rings is 1. The van der Waals surface area contributed by atoms with Gasteiger partial charge in [-0.3, -0.25) is 19.3 Å². The SMILES string of the molecule is COc1ccc(C)cc1NC(=O)[C@@H](C)OC(=O)CN1C(=O)N[C@](C)(C2CC2)C1=O. The molecule has 1 heterocycles. The number of carbonyl (C=O) groups excluding carboxylic acids is 4. The Bertz CT molecular complexity index is 866. The van der Waals surface area contributed by atoms with Gasteiger partial charge in [0.25, 0.3) is 11.8 Å². The smallest absolute Gasteiger partial charge is 0.327 e. The Morgan fingerprint density at radius 3 is 2.66 bits per heavy atom. The molecule has 1 saturated heterocycles. The number of hydrogen-bond acceptors (Lipinski definition) is 6. The summed E-state index contributed by atoms with van der Waals surface area (Å²) in [6.45, 7) is 4.40. The van der Waals surface area contributed by atoms with Crippen LogP contribution in [0, 0.1) is 12.8 Å². The maximum atomic E-state index is 12.6. The zero-order valence-corrected chi connectivity index (χ0v) is 16.9. The third-order valence-corrected chi connectivity index (χ3v) is 5.27. The summed E-state index contributed by atoms with van der Waals surface area (Å²) >= 11 is 0. The normalized spacial score (nSPS) is 22.1. The molecule has 0 aromatic heterocycles. The minimum absolute atomic E-state index is 0.0916. The summed E-state index contributed by atoms with van der Waals surface area (Å²) in [7, 11) is 1.48. The molecule has 4 amide bonds. The number of amides is 4. The van der Waals surface area contributed by atoms with Crippen LogP contribution in [0.3, 0.4) is 0 Å². The van der Waals surface area contributed by atoms with Crippen LogP contribution in [0.5, 0.6) is 5.75 Å². The summed E-state index contributed by atoms with van der Waals surface area (Å²) in [4.78, 5) is 50.1. The van der Waals surface area contributed by atoms with Gasteiger partial charge in [-0.25, -0.2) is 4.79 Å². The molecule has 2 fully saturated rings. The molecule has 2 N–H and O–H groups in total. The van der Waals surface area contributed by atoms with Crippen LogP contribution in [0.15, 0.2) is 18.2 Å². The molecule has 0 spiro atoms. The highest BCUT2D eigenvalue weighted by Crippen LogP contribution is 2.42. The fourth-order valence-corrected chi connectivity index (χ4v) is 3.37. The number of ether oxygens (including phenoxy) is 2. The molecule has 0 bridgehead atoms. The fraction of sp³-hybridized carbons (Fsp3) is 0.500. The second-order valence-corrected chi connectivity index (χ2v) is 7.62. The average molecular weight is 403 g/mol. The van der Waals surface area contributed by atoms with E-state index >= 15 is 0 Å². The molecule has 1 aliphatic carbocycles. The summed E-state index contributed by atoms with van der Waals surface area (Å²) in [5.41, 5.74) is 0.403. The first-order chi connectivity index (χ1) is 13.7. The van der Waals surface area contributed by atoms with Crippen LogP contribution in [-0.4, -0.2) is 54.0 Å². The van der Waals surface area contributed by atoms with Crippen LogP contribution >= 0.6 is 0 Å². The van der Waals surface area contributed by atoms with Gasteiger partial charge < -0.3 is 20.1 Å². The first-order valence-corrected chi connectivity index (χ1v) is 9.44. The predicted octanol–water partition coefficient (Wildman–Crippen LogP) is 1.59. The van der Waals surface area contributed by atoms with E-state index in [-0.39, 0.29) is 5.92 Å². The predicted molar refractivity (Wildman–Crippen MR) is 103 cm³/mol. The van der Waals surface area contributed by atoms with Crippen molar-refractivity contribution in [1.29, 1.82) is 0 Å². The number of carbonyl (C=O) groups is 4. The summed E-state index contributed by atoms with van der Waals surface area (Å²) in [6, 6.07) is 4.67. The van der Waals surface area contributed by atoms with Gasteiger partial charge in [0.1, 0.15) is 17.8 Å². The van der Waals surface area contributed by atoms with Gasteiger partial charge in [0, 0.05) is 0 Å². The number of rotatable bonds is 7. The molecule has 2 aliphatic rings. The van der Waals surface area contributed by atoms with Crippen molar-refractivity contribution in [1.82, 2.24) is 10.2 Å². The molecule has 2 atom stereocenters. The van der Waals surface area contributed by atoms with Crippen LogP contribution in [0.1, 0.15) is 32.3 Å². The van der Waals surface area contributed by atoms with Gasteiger partial charge in [-0.2, -0.15) is 0 Å². The lowest BCUT2D eigenvalue weighted by Crippen LogP contribution is -2.46. The molecule has 156 valence electrons. The van der Waals surface area contributed by atoms with Gasteiger partial charge in [0.05, 0.1) is 12.8 Å². The summed E-state index contributed by atoms with van der Waals surface area (Å²) < 4.78 is 10.3. The molecule has 0 unspecified atom stereocenters. The number of esters is 1. The molecule has 3 rings (SSSR count). The van der Waals surface area contributed by atoms with Gasteiger partial charge in [0.15, 0.2) is 6.10 Å². The zero-order chi connectivity index (χ0) is 21.3. The number of nitrogens with zero attached hydrogens (tertiary/aromatic N) is 1. The van der Waals surface area contributed by atoms with E-state index in [1.807, 2.05) is 13.0 Å². The topological polar surface area (TPSA) is 114 Å². The van der Waals surface area contributed by atoms with E-state index in [0.29, 0.717) is 11.4 Å². The molecule has 9 nitrogen and oxygen atoms in total. The lowest BCUT2D eigenvalue weighted by molar-refractivity contribution is -0.155. The fourth-order valence-electron chi connectivity index (χ4n) is 3.37. The van der Waals surface area contributed by atoms with Crippen molar-refractivity contribution in [3.05, 3.63) is 23.8 Å². The summed E-state index contributed by atoms with van der Waals surface area (Å²) in [5, 5.41) is 5.31. The maximum absolute atomic E-state index is 12.6. The van der Waals surface area contributed by atoms with E-state index in [2.05, 4.69) is 10.6 Å². The number of hydrogen-bond donors (Lipinski definition) is 2. The number of aryl methyl sites for hydroxylation is 1. The van der Waals surface area contributed by atoms with Gasteiger partial charge in [-0.15, -0.1) is 0 Å². The largest absolute Gasteiger partial charge is 0.495 e. The number of methoxy groups -OCH3 is 1. The summed E-state index contributed by atoms with van der Waals surface area (Å²) in [6.07, 6.45) is 0.601.